The molecule has 0 fully saturated rings. The predicted molar refractivity (Wildman–Crippen MR) is 101 cm³/mol. The summed E-state index contributed by atoms with van der Waals surface area (Å²) in [4.78, 5) is 20.1. The van der Waals surface area contributed by atoms with E-state index in [-0.39, 0.29) is 0 Å². The number of hydrogen-bond donors (Lipinski definition) is 0. The molecule has 0 aromatic heterocycles. The quantitative estimate of drug-likeness (QED) is 0.288. The molecule has 0 heterocycles. The Morgan fingerprint density at radius 2 is 1.00 bits per heavy atom. The Labute approximate surface area is 154 Å². The first-order chi connectivity index (χ1) is 11.0. The van der Waals surface area contributed by atoms with Crippen LogP contribution in [-0.2, 0) is 9.13 Å². The monoisotopic (exact) mass is 382 g/mol. The third kappa shape index (κ3) is 45.1. The topological polar surface area (TPSA) is 80.3 Å². The molecule has 0 rings (SSSR count). The van der Waals surface area contributed by atoms with E-state index in [1.807, 2.05) is 0 Å². The van der Waals surface area contributed by atoms with Crippen molar-refractivity contribution >= 4 is 32.3 Å². The Balaban J connectivity index is -0.000000273. The van der Waals surface area contributed by atoms with Crippen LogP contribution in [0.4, 0.5) is 0 Å². The molecule has 0 aliphatic rings. The molecule has 23 heavy (non-hydrogen) atoms. The number of unbranched alkanes of at least 4 members (excludes halogenated alkanes) is 7. The average Bonchev–Trinajstić information content (AvgIpc) is 2.50. The van der Waals surface area contributed by atoms with Crippen LogP contribution >= 0.6 is 16.1 Å². The first-order valence-corrected chi connectivity index (χ1v) is 12.9. The van der Waals surface area contributed by atoms with Crippen molar-refractivity contribution in [1.82, 2.24) is 0 Å². The Morgan fingerprint density at radius 1 is 0.652 bits per heavy atom. The van der Waals surface area contributed by atoms with Gasteiger partial charge in [0.25, 0.3) is 0 Å². The third-order valence-electron chi connectivity index (χ3n) is 3.03. The minimum atomic E-state index is -2.42. The summed E-state index contributed by atoms with van der Waals surface area (Å²) >= 11 is 2.70. The first kappa shape index (κ1) is 28.7. The fraction of sp³-hybridized carbons (Fsp3) is 1.00. The van der Waals surface area contributed by atoms with Crippen LogP contribution in [0.3, 0.4) is 0 Å². The average molecular weight is 382 g/mol. The Bertz CT molecular complexity index is 230. The van der Waals surface area contributed by atoms with Gasteiger partial charge in [-0.15, -0.1) is 0 Å². The maximum absolute atomic E-state index is 10.0. The predicted octanol–water partition coefficient (Wildman–Crippen LogP) is 4.18. The second-order valence-electron chi connectivity index (χ2n) is 5.51. The summed E-state index contributed by atoms with van der Waals surface area (Å²) in [6.07, 6.45) is 12.0. The minimum absolute atomic E-state index is 0.407. The maximum atomic E-state index is 10.0. The Morgan fingerprint density at radius 3 is 1.17 bits per heavy atom. The molecule has 0 radical (unpaired) electrons. The van der Waals surface area contributed by atoms with Gasteiger partial charge in [-0.3, -0.25) is 0 Å². The van der Waals surface area contributed by atoms with Gasteiger partial charge in [-0.05, 0) is 25.2 Å². The van der Waals surface area contributed by atoms with Crippen LogP contribution in [0.25, 0.3) is 0 Å². The summed E-state index contributed by atoms with van der Waals surface area (Å²) in [5.74, 6) is 0. The van der Waals surface area contributed by atoms with Gasteiger partial charge in [-0.2, -0.15) is 0 Å². The van der Waals surface area contributed by atoms with Crippen molar-refractivity contribution < 1.29 is 18.9 Å². The molecule has 0 spiro atoms. The van der Waals surface area contributed by atoms with E-state index in [0.29, 0.717) is 12.3 Å². The standard InChI is InChI=1S/2C6H15O2P.C4H9.Al/c2*1-2-3-4-5-6-9(7)8;1-3-4-2;/h2*9H,2-6H2,1H3,(H,7,8);1,3-4H2,2H3;/q;;;+2/p-2. The van der Waals surface area contributed by atoms with Crippen LogP contribution in [0.5, 0.6) is 0 Å². The van der Waals surface area contributed by atoms with E-state index in [9.17, 15) is 18.9 Å². The van der Waals surface area contributed by atoms with Crippen LogP contribution in [0, 0.1) is 0 Å². The summed E-state index contributed by atoms with van der Waals surface area (Å²) in [5, 5.41) is 1.26. The molecule has 7 heteroatoms. The van der Waals surface area contributed by atoms with E-state index < -0.39 is 16.1 Å². The van der Waals surface area contributed by atoms with Crippen LogP contribution in [0.1, 0.15) is 85.0 Å². The Hall–Kier alpha value is 0.912. The molecular weight excluding hydrogens is 345 g/mol. The SMILES string of the molecule is CCCCCC[PH](=O)[O-].CCCCCC[PH](=O)[O-].CCC[CH2][Al+2]. The van der Waals surface area contributed by atoms with Crippen LogP contribution < -0.4 is 9.79 Å². The molecule has 0 saturated carbocycles. The van der Waals surface area contributed by atoms with E-state index in [2.05, 4.69) is 37.1 Å². The van der Waals surface area contributed by atoms with Crippen molar-refractivity contribution in [3.05, 3.63) is 0 Å². The van der Waals surface area contributed by atoms with Crippen molar-refractivity contribution in [3.8, 4) is 0 Å². The van der Waals surface area contributed by atoms with Crippen molar-refractivity contribution in [1.29, 1.82) is 0 Å². The van der Waals surface area contributed by atoms with Crippen LogP contribution in [-0.4, -0.2) is 28.6 Å². The van der Waals surface area contributed by atoms with E-state index >= 15 is 0 Å². The van der Waals surface area contributed by atoms with Crippen LogP contribution in [0.15, 0.2) is 0 Å². The molecule has 0 aromatic rings. The van der Waals surface area contributed by atoms with Crippen molar-refractivity contribution in [2.45, 2.75) is 90.3 Å². The van der Waals surface area contributed by atoms with Gasteiger partial charge in [-0.1, -0.05) is 52.4 Å². The van der Waals surface area contributed by atoms with Gasteiger partial charge in [-0.25, -0.2) is 0 Å². The zero-order chi connectivity index (χ0) is 18.3. The molecule has 2 atom stereocenters. The van der Waals surface area contributed by atoms with Crippen molar-refractivity contribution in [2.24, 2.45) is 0 Å². The molecule has 0 N–H and O–H groups in total. The summed E-state index contributed by atoms with van der Waals surface area (Å²) in [6, 6.07) is 0. The molecule has 0 aliphatic heterocycles. The second-order valence-corrected chi connectivity index (χ2v) is 8.57. The van der Waals surface area contributed by atoms with Gasteiger partial charge < -0.3 is 18.9 Å². The van der Waals surface area contributed by atoms with E-state index in [0.717, 1.165) is 38.5 Å². The van der Waals surface area contributed by atoms with Crippen molar-refractivity contribution in [3.63, 3.8) is 0 Å². The van der Waals surface area contributed by atoms with E-state index in [1.165, 1.54) is 31.0 Å². The summed E-state index contributed by atoms with van der Waals surface area (Å²) in [7, 11) is -4.83. The van der Waals surface area contributed by atoms with E-state index in [4.69, 9.17) is 0 Å². The molecular formula is C16H37AlO4P2. The second kappa shape index (κ2) is 27.7. The zero-order valence-electron chi connectivity index (χ0n) is 15.4. The normalized spacial score (nSPS) is 12.5. The van der Waals surface area contributed by atoms with Crippen LogP contribution in [0.2, 0.25) is 5.28 Å². The summed E-state index contributed by atoms with van der Waals surface area (Å²) in [5.41, 5.74) is 0. The summed E-state index contributed by atoms with van der Waals surface area (Å²) in [6.45, 7) is 6.42. The Kier molecular flexibility index (Phi) is 34.6. The third-order valence-corrected chi connectivity index (χ3v) is 4.96. The molecule has 0 bridgehead atoms. The molecule has 0 amide bonds. The molecule has 0 aromatic carbocycles. The zero-order valence-corrected chi connectivity index (χ0v) is 18.6. The number of rotatable bonds is 12. The van der Waals surface area contributed by atoms with Gasteiger partial charge in [0.1, 0.15) is 0 Å². The van der Waals surface area contributed by atoms with Gasteiger partial charge in [0.05, 0.1) is 0 Å². The fourth-order valence-corrected chi connectivity index (χ4v) is 3.08. The first-order valence-electron chi connectivity index (χ1n) is 9.05. The molecule has 0 saturated heterocycles. The van der Waals surface area contributed by atoms with Gasteiger partial charge in [0, 0.05) is 16.1 Å². The molecule has 4 nitrogen and oxygen atoms in total. The molecule has 2 unspecified atom stereocenters. The fourth-order valence-electron chi connectivity index (χ4n) is 1.60. The van der Waals surface area contributed by atoms with Crippen molar-refractivity contribution in [2.75, 3.05) is 12.3 Å². The molecule has 138 valence electrons. The van der Waals surface area contributed by atoms with E-state index in [1.54, 1.807) is 0 Å². The van der Waals surface area contributed by atoms with Gasteiger partial charge in [0.15, 0.2) is 0 Å². The van der Waals surface area contributed by atoms with Gasteiger partial charge in [0.2, 0.25) is 0 Å². The summed E-state index contributed by atoms with van der Waals surface area (Å²) < 4.78 is 20.1. The number of hydrogen-bond acceptors (Lipinski definition) is 4. The van der Waals surface area contributed by atoms with Gasteiger partial charge >= 0.3 is 41.3 Å². The molecule has 0 aliphatic carbocycles.